The first-order valence-electron chi connectivity index (χ1n) is 3.81. The fourth-order valence-corrected chi connectivity index (χ4v) is 0.734. The lowest BCUT2D eigenvalue weighted by Gasteiger charge is -2.09. The summed E-state index contributed by atoms with van der Waals surface area (Å²) < 4.78 is 0. The molecule has 0 spiro atoms. The third-order valence-corrected chi connectivity index (χ3v) is 1.47. The minimum atomic E-state index is -0.117. The molecule has 0 aliphatic rings. The third-order valence-electron chi connectivity index (χ3n) is 1.47. The zero-order valence-electron chi connectivity index (χ0n) is 6.97. The van der Waals surface area contributed by atoms with Crippen LogP contribution >= 0.6 is 0 Å². The first-order chi connectivity index (χ1) is 5.20. The van der Waals surface area contributed by atoms with Crippen LogP contribution in [0.5, 0.6) is 0 Å². The lowest BCUT2D eigenvalue weighted by atomic mass is 10.1. The minimum absolute atomic E-state index is 0.117. The lowest BCUT2D eigenvalue weighted by molar-refractivity contribution is -0.116. The van der Waals surface area contributed by atoms with Gasteiger partial charge in [-0.1, -0.05) is 13.5 Å². The molecule has 11 heavy (non-hydrogen) atoms. The van der Waals surface area contributed by atoms with Crippen LogP contribution < -0.4 is 11.1 Å². The van der Waals surface area contributed by atoms with Crippen molar-refractivity contribution < 1.29 is 4.79 Å². The summed E-state index contributed by atoms with van der Waals surface area (Å²) in [5.41, 5.74) is 5.34. The van der Waals surface area contributed by atoms with Crippen LogP contribution in [0.1, 0.15) is 13.3 Å². The van der Waals surface area contributed by atoms with Crippen molar-refractivity contribution in [3.63, 3.8) is 0 Å². The van der Waals surface area contributed by atoms with Gasteiger partial charge in [0.1, 0.15) is 0 Å². The van der Waals surface area contributed by atoms with Crippen LogP contribution in [0.15, 0.2) is 12.7 Å². The summed E-state index contributed by atoms with van der Waals surface area (Å²) >= 11 is 0. The van der Waals surface area contributed by atoms with Gasteiger partial charge in [0.05, 0.1) is 0 Å². The highest BCUT2D eigenvalue weighted by Gasteiger charge is 2.00. The van der Waals surface area contributed by atoms with Gasteiger partial charge in [-0.15, -0.1) is 0 Å². The van der Waals surface area contributed by atoms with Gasteiger partial charge in [0.15, 0.2) is 0 Å². The predicted octanol–water partition coefficient (Wildman–Crippen LogP) is 0.273. The molecule has 0 aliphatic carbocycles. The van der Waals surface area contributed by atoms with Crippen molar-refractivity contribution in [3.8, 4) is 0 Å². The first kappa shape index (κ1) is 10.2. The molecule has 1 amide bonds. The summed E-state index contributed by atoms with van der Waals surface area (Å²) in [6, 6.07) is 0. The van der Waals surface area contributed by atoms with Gasteiger partial charge in [-0.05, 0) is 25.0 Å². The average molecular weight is 156 g/mol. The van der Waals surface area contributed by atoms with Gasteiger partial charge < -0.3 is 11.1 Å². The maximum atomic E-state index is 10.7. The molecule has 3 N–H and O–H groups in total. The maximum absolute atomic E-state index is 10.7. The van der Waals surface area contributed by atoms with Crippen LogP contribution in [0, 0.1) is 5.92 Å². The highest BCUT2D eigenvalue weighted by molar-refractivity contribution is 5.86. The number of hydrogen-bond donors (Lipinski definition) is 2. The van der Waals surface area contributed by atoms with E-state index in [2.05, 4.69) is 18.8 Å². The molecule has 0 radical (unpaired) electrons. The number of hydrogen-bond acceptors (Lipinski definition) is 2. The molecule has 3 nitrogen and oxygen atoms in total. The van der Waals surface area contributed by atoms with E-state index in [1.165, 1.54) is 6.08 Å². The van der Waals surface area contributed by atoms with E-state index in [-0.39, 0.29) is 5.91 Å². The summed E-state index contributed by atoms with van der Waals surface area (Å²) in [5.74, 6) is 0.331. The van der Waals surface area contributed by atoms with Crippen molar-refractivity contribution in [1.82, 2.24) is 5.32 Å². The van der Waals surface area contributed by atoms with Gasteiger partial charge in [0.2, 0.25) is 5.91 Å². The van der Waals surface area contributed by atoms with Gasteiger partial charge in [-0.2, -0.15) is 0 Å². The van der Waals surface area contributed by atoms with E-state index in [1.807, 2.05) is 0 Å². The smallest absolute Gasteiger partial charge is 0.243 e. The van der Waals surface area contributed by atoms with Crippen molar-refractivity contribution in [2.75, 3.05) is 13.1 Å². The number of carbonyl (C=O) groups excluding carboxylic acids is 1. The predicted molar refractivity (Wildman–Crippen MR) is 46.0 cm³/mol. The van der Waals surface area contributed by atoms with Gasteiger partial charge >= 0.3 is 0 Å². The molecule has 1 atom stereocenters. The van der Waals surface area contributed by atoms with E-state index in [1.54, 1.807) is 0 Å². The van der Waals surface area contributed by atoms with E-state index >= 15 is 0 Å². The molecular weight excluding hydrogens is 140 g/mol. The van der Waals surface area contributed by atoms with Crippen LogP contribution in [0.2, 0.25) is 0 Å². The van der Waals surface area contributed by atoms with E-state index in [4.69, 9.17) is 5.73 Å². The van der Waals surface area contributed by atoms with Gasteiger partial charge in [0, 0.05) is 6.54 Å². The third kappa shape index (κ3) is 5.61. The fraction of sp³-hybridized carbons (Fsp3) is 0.625. The summed E-state index contributed by atoms with van der Waals surface area (Å²) in [5, 5.41) is 2.70. The highest BCUT2D eigenvalue weighted by Crippen LogP contribution is 1.96. The zero-order valence-corrected chi connectivity index (χ0v) is 6.97. The number of amides is 1. The Morgan fingerprint density at radius 2 is 2.45 bits per heavy atom. The Hall–Kier alpha value is -0.830. The maximum Gasteiger partial charge on any atom is 0.243 e. The Balaban J connectivity index is 3.37. The second kappa shape index (κ2) is 5.92. The van der Waals surface area contributed by atoms with Gasteiger partial charge in [-0.25, -0.2) is 0 Å². The highest BCUT2D eigenvalue weighted by atomic mass is 16.1. The Morgan fingerprint density at radius 3 is 2.91 bits per heavy atom. The van der Waals surface area contributed by atoms with Crippen molar-refractivity contribution in [1.29, 1.82) is 0 Å². The largest absolute Gasteiger partial charge is 0.352 e. The zero-order chi connectivity index (χ0) is 8.69. The quantitative estimate of drug-likeness (QED) is 0.561. The Bertz CT molecular complexity index is 134. The molecule has 1 unspecified atom stereocenters. The number of rotatable bonds is 5. The molecule has 0 aromatic heterocycles. The summed E-state index contributed by atoms with van der Waals surface area (Å²) in [6.07, 6.45) is 2.21. The molecular formula is C8H16N2O. The van der Waals surface area contributed by atoms with Crippen LogP contribution in [-0.2, 0) is 4.79 Å². The summed E-state index contributed by atoms with van der Waals surface area (Å²) in [4.78, 5) is 10.7. The van der Waals surface area contributed by atoms with Crippen molar-refractivity contribution >= 4 is 5.91 Å². The van der Waals surface area contributed by atoms with Crippen molar-refractivity contribution in [2.45, 2.75) is 13.3 Å². The molecule has 0 aromatic carbocycles. The molecule has 0 saturated carbocycles. The topological polar surface area (TPSA) is 55.1 Å². The molecule has 0 heterocycles. The average Bonchev–Trinajstić information content (AvgIpc) is 2.01. The number of nitrogens with two attached hydrogens (primary N) is 1. The Morgan fingerprint density at radius 1 is 1.82 bits per heavy atom. The van der Waals surface area contributed by atoms with Crippen molar-refractivity contribution in [3.05, 3.63) is 12.7 Å². The van der Waals surface area contributed by atoms with Gasteiger partial charge in [-0.3, -0.25) is 4.79 Å². The standard InChI is InChI=1S/C8H16N2O/c1-3-8(11)10-6-7(2)4-5-9/h3,7H,1,4-6,9H2,2H3,(H,10,11). The Kier molecular flexibility index (Phi) is 5.47. The van der Waals surface area contributed by atoms with Crippen molar-refractivity contribution in [2.24, 2.45) is 11.7 Å². The molecule has 0 rings (SSSR count). The first-order valence-corrected chi connectivity index (χ1v) is 3.81. The van der Waals surface area contributed by atoms with E-state index < -0.39 is 0 Å². The van der Waals surface area contributed by atoms with Gasteiger partial charge in [0.25, 0.3) is 0 Å². The second-order valence-electron chi connectivity index (χ2n) is 2.63. The van der Waals surface area contributed by atoms with E-state index in [9.17, 15) is 4.79 Å². The number of carbonyl (C=O) groups is 1. The molecule has 0 aliphatic heterocycles. The van der Waals surface area contributed by atoms with Crippen LogP contribution in [-0.4, -0.2) is 19.0 Å². The molecule has 0 fully saturated rings. The Labute approximate surface area is 67.7 Å². The molecule has 64 valence electrons. The fourth-order valence-electron chi connectivity index (χ4n) is 0.734. The summed E-state index contributed by atoms with van der Waals surface area (Å²) in [6.45, 7) is 6.75. The van der Waals surface area contributed by atoms with Crippen LogP contribution in [0.25, 0.3) is 0 Å². The lowest BCUT2D eigenvalue weighted by Crippen LogP contribution is -2.27. The SMILES string of the molecule is C=CC(=O)NCC(C)CCN. The summed E-state index contributed by atoms with van der Waals surface area (Å²) in [7, 11) is 0. The van der Waals surface area contributed by atoms with E-state index in [0.29, 0.717) is 19.0 Å². The molecule has 0 saturated heterocycles. The molecule has 3 heteroatoms. The van der Waals surface area contributed by atoms with Crippen LogP contribution in [0.3, 0.4) is 0 Å². The number of nitrogens with one attached hydrogen (secondary N) is 1. The molecule has 0 bridgehead atoms. The normalized spacial score (nSPS) is 12.2. The monoisotopic (exact) mass is 156 g/mol. The second-order valence-corrected chi connectivity index (χ2v) is 2.63. The molecule has 0 aromatic rings. The minimum Gasteiger partial charge on any atom is -0.352 e. The van der Waals surface area contributed by atoms with Crippen LogP contribution in [0.4, 0.5) is 0 Å². The van der Waals surface area contributed by atoms with E-state index in [0.717, 1.165) is 6.42 Å².